The Bertz CT molecular complexity index is 166. The van der Waals surface area contributed by atoms with E-state index < -0.39 is 0 Å². The summed E-state index contributed by atoms with van der Waals surface area (Å²) in [4.78, 5) is 0. The van der Waals surface area contributed by atoms with E-state index in [0.29, 0.717) is 17.8 Å². The minimum Gasteiger partial charge on any atom is -0.477 e. The number of hydrogen-bond acceptors (Lipinski definition) is 5. The molecule has 0 saturated heterocycles. The lowest BCUT2D eigenvalue weighted by Gasteiger charge is -2.14. The van der Waals surface area contributed by atoms with Crippen molar-refractivity contribution in [3.05, 3.63) is 12.3 Å². The third-order valence-electron chi connectivity index (χ3n) is 0.901. The molecule has 0 fully saturated rings. The number of nitrogens with zero attached hydrogens (tertiary/aromatic N) is 2. The first-order valence-electron chi connectivity index (χ1n) is 2.96. The topological polar surface area (TPSA) is 57.1 Å². The van der Waals surface area contributed by atoms with Gasteiger partial charge in [0.2, 0.25) is 5.90 Å². The zero-order valence-electron chi connectivity index (χ0n) is 5.61. The molecule has 5 heteroatoms. The predicted octanol–water partition coefficient (Wildman–Crippen LogP) is 0.0595. The quantitative estimate of drug-likeness (QED) is 0.545. The Morgan fingerprint density at radius 2 is 2.70 bits per heavy atom. The van der Waals surface area contributed by atoms with Crippen LogP contribution in [0.3, 0.4) is 0 Å². The largest absolute Gasteiger partial charge is 0.477 e. The van der Waals surface area contributed by atoms with Crippen LogP contribution in [0.2, 0.25) is 0 Å². The summed E-state index contributed by atoms with van der Waals surface area (Å²) in [5.41, 5.74) is 2.41. The van der Waals surface area contributed by atoms with Gasteiger partial charge in [-0.1, -0.05) is 10.4 Å². The van der Waals surface area contributed by atoms with Crippen molar-refractivity contribution < 1.29 is 9.94 Å². The van der Waals surface area contributed by atoms with E-state index in [-0.39, 0.29) is 0 Å². The van der Waals surface area contributed by atoms with Crippen molar-refractivity contribution in [2.45, 2.75) is 6.92 Å². The maximum absolute atomic E-state index is 8.71. The van der Waals surface area contributed by atoms with E-state index in [1.165, 1.54) is 6.20 Å². The van der Waals surface area contributed by atoms with Crippen LogP contribution in [0.1, 0.15) is 6.92 Å². The van der Waals surface area contributed by atoms with Gasteiger partial charge in [0.25, 0.3) is 0 Å². The average Bonchev–Trinajstić information content (AvgIpc) is 1.88. The summed E-state index contributed by atoms with van der Waals surface area (Å²) in [6.07, 6.45) is 3.15. The second-order valence-corrected chi connectivity index (χ2v) is 1.62. The molecule has 0 amide bonds. The zero-order chi connectivity index (χ0) is 7.40. The van der Waals surface area contributed by atoms with Crippen LogP contribution < -0.4 is 5.43 Å². The Morgan fingerprint density at radius 1 is 1.90 bits per heavy atom. The van der Waals surface area contributed by atoms with Gasteiger partial charge in [0.15, 0.2) is 0 Å². The maximum Gasteiger partial charge on any atom is 0.236 e. The predicted molar refractivity (Wildman–Crippen MR) is 35.0 cm³/mol. The van der Waals surface area contributed by atoms with Crippen LogP contribution in [0.5, 0.6) is 0 Å². The molecule has 0 aromatic carbocycles. The third-order valence-corrected chi connectivity index (χ3v) is 0.901. The summed E-state index contributed by atoms with van der Waals surface area (Å²) >= 11 is 0. The molecule has 0 unspecified atom stereocenters. The van der Waals surface area contributed by atoms with Gasteiger partial charge in [-0.05, 0) is 6.92 Å². The van der Waals surface area contributed by atoms with E-state index >= 15 is 0 Å². The summed E-state index contributed by atoms with van der Waals surface area (Å²) in [6.45, 7) is 2.39. The molecule has 0 atom stereocenters. The highest BCUT2D eigenvalue weighted by Crippen LogP contribution is 1.92. The molecule has 1 aliphatic rings. The molecule has 0 radical (unpaired) electrons. The van der Waals surface area contributed by atoms with Gasteiger partial charge in [0.05, 0.1) is 6.61 Å². The van der Waals surface area contributed by atoms with Crippen LogP contribution >= 0.6 is 0 Å². The first-order chi connectivity index (χ1) is 4.83. The Hall–Kier alpha value is -1.23. The second-order valence-electron chi connectivity index (χ2n) is 1.62. The standard InChI is InChI=1S/C5H9N3O2/c1-2-10-5-3-4-6-8(9)7-5/h3-4,6,9H,2H2,1H3. The normalized spacial score (nSPS) is 16.2. The van der Waals surface area contributed by atoms with Crippen LogP contribution in [0.25, 0.3) is 0 Å². The summed E-state index contributed by atoms with van der Waals surface area (Å²) in [7, 11) is 0. The minimum atomic E-state index is 0.392. The summed E-state index contributed by atoms with van der Waals surface area (Å²) in [5.74, 6) is 0.392. The summed E-state index contributed by atoms with van der Waals surface area (Å²) < 4.78 is 4.97. The Kier molecular flexibility index (Phi) is 2.11. The molecule has 0 bridgehead atoms. The second kappa shape index (κ2) is 3.07. The molecule has 2 N–H and O–H groups in total. The first-order valence-corrected chi connectivity index (χ1v) is 2.96. The molecule has 10 heavy (non-hydrogen) atoms. The summed E-state index contributed by atoms with van der Waals surface area (Å²) in [6, 6.07) is 0. The van der Waals surface area contributed by atoms with Gasteiger partial charge in [-0.2, -0.15) is 0 Å². The number of hydrazone groups is 1. The fourth-order valence-electron chi connectivity index (χ4n) is 0.556. The molecule has 0 aromatic rings. The fourth-order valence-corrected chi connectivity index (χ4v) is 0.556. The van der Waals surface area contributed by atoms with Gasteiger partial charge in [0, 0.05) is 12.3 Å². The van der Waals surface area contributed by atoms with Crippen molar-refractivity contribution in [1.29, 1.82) is 0 Å². The van der Waals surface area contributed by atoms with Crippen LogP contribution in [0.4, 0.5) is 0 Å². The number of hydrogen-bond donors (Lipinski definition) is 2. The minimum absolute atomic E-state index is 0.392. The fraction of sp³-hybridized carbons (Fsp3) is 0.400. The molecule has 5 nitrogen and oxygen atoms in total. The molecular formula is C5H9N3O2. The number of rotatable bonds is 1. The third kappa shape index (κ3) is 1.63. The number of nitrogens with one attached hydrogen (secondary N) is 1. The van der Waals surface area contributed by atoms with E-state index in [1.54, 1.807) is 6.08 Å². The molecule has 1 rings (SSSR count). The zero-order valence-corrected chi connectivity index (χ0v) is 5.61. The molecule has 0 saturated carbocycles. The Morgan fingerprint density at radius 3 is 3.30 bits per heavy atom. The Labute approximate surface area is 58.5 Å². The first kappa shape index (κ1) is 6.88. The molecular weight excluding hydrogens is 134 g/mol. The number of hydrazine groups is 1. The van der Waals surface area contributed by atoms with E-state index in [4.69, 9.17) is 9.94 Å². The van der Waals surface area contributed by atoms with Gasteiger partial charge < -0.3 is 4.74 Å². The van der Waals surface area contributed by atoms with Crippen molar-refractivity contribution >= 4 is 5.90 Å². The molecule has 0 aliphatic carbocycles. The van der Waals surface area contributed by atoms with Crippen molar-refractivity contribution in [1.82, 2.24) is 10.7 Å². The van der Waals surface area contributed by atoms with Crippen LogP contribution in [0.15, 0.2) is 17.4 Å². The highest BCUT2D eigenvalue weighted by atomic mass is 16.6. The monoisotopic (exact) mass is 143 g/mol. The highest BCUT2D eigenvalue weighted by Gasteiger charge is 2.01. The van der Waals surface area contributed by atoms with E-state index in [2.05, 4.69) is 10.5 Å². The molecule has 0 aromatic heterocycles. The van der Waals surface area contributed by atoms with Gasteiger partial charge in [-0.15, -0.1) is 0 Å². The smallest absolute Gasteiger partial charge is 0.236 e. The summed E-state index contributed by atoms with van der Waals surface area (Å²) in [5, 5.41) is 12.9. The molecule has 1 heterocycles. The molecule has 0 spiro atoms. The van der Waals surface area contributed by atoms with Crippen molar-refractivity contribution in [3.8, 4) is 0 Å². The van der Waals surface area contributed by atoms with Crippen molar-refractivity contribution in [2.24, 2.45) is 5.10 Å². The maximum atomic E-state index is 8.71. The lowest BCUT2D eigenvalue weighted by atomic mass is 10.6. The highest BCUT2D eigenvalue weighted by molar-refractivity contribution is 5.87. The van der Waals surface area contributed by atoms with E-state index in [9.17, 15) is 0 Å². The molecule has 56 valence electrons. The van der Waals surface area contributed by atoms with Gasteiger partial charge in [-0.3, -0.25) is 10.6 Å². The lowest BCUT2D eigenvalue weighted by molar-refractivity contribution is -0.126. The van der Waals surface area contributed by atoms with Crippen molar-refractivity contribution in [3.63, 3.8) is 0 Å². The lowest BCUT2D eigenvalue weighted by Crippen LogP contribution is -2.30. The van der Waals surface area contributed by atoms with E-state index in [0.717, 1.165) is 0 Å². The Balaban J connectivity index is 2.49. The van der Waals surface area contributed by atoms with E-state index in [1.807, 2.05) is 6.92 Å². The van der Waals surface area contributed by atoms with Gasteiger partial charge in [0.1, 0.15) is 0 Å². The number of ether oxygens (including phenoxy) is 1. The van der Waals surface area contributed by atoms with Gasteiger partial charge >= 0.3 is 0 Å². The van der Waals surface area contributed by atoms with Crippen LogP contribution in [0, 0.1) is 0 Å². The average molecular weight is 143 g/mol. The van der Waals surface area contributed by atoms with Crippen LogP contribution in [-0.4, -0.2) is 23.0 Å². The van der Waals surface area contributed by atoms with Crippen molar-refractivity contribution in [2.75, 3.05) is 6.61 Å². The van der Waals surface area contributed by atoms with Crippen LogP contribution in [-0.2, 0) is 4.74 Å². The molecule has 1 aliphatic heterocycles. The SMILES string of the molecule is CCOC1=NN(O)NC=C1. The van der Waals surface area contributed by atoms with Gasteiger partial charge in [-0.25, -0.2) is 0 Å².